The maximum atomic E-state index is 2.28. The van der Waals surface area contributed by atoms with Crippen molar-refractivity contribution >= 4 is 31.9 Å². The van der Waals surface area contributed by atoms with Gasteiger partial charge in [-0.2, -0.15) is 23.5 Å². The normalized spacial score (nSPS) is 12.5. The molecule has 0 spiro atoms. The maximum absolute atomic E-state index is 2.28. The minimum absolute atomic E-state index is 0. The Bertz CT molecular complexity index is 106. The van der Waals surface area contributed by atoms with Crippen LogP contribution in [0.25, 0.3) is 0 Å². The van der Waals surface area contributed by atoms with Crippen molar-refractivity contribution in [2.75, 3.05) is 11.5 Å². The van der Waals surface area contributed by atoms with Crippen molar-refractivity contribution in [3.8, 4) is 0 Å². The first kappa shape index (κ1) is 16.2. The molecule has 0 nitrogen and oxygen atoms in total. The molecule has 0 aliphatic carbocycles. The molecule has 0 rings (SSSR count). The molecule has 13 heavy (non-hydrogen) atoms. The zero-order valence-electron chi connectivity index (χ0n) is 9.81. The second-order valence-corrected chi connectivity index (χ2v) is 8.77. The smallest absolute Gasteiger partial charge is 0.00753 e. The van der Waals surface area contributed by atoms with Crippen LogP contribution in [-0.4, -0.2) is 29.4 Å². The molecule has 0 heterocycles. The lowest BCUT2D eigenvalue weighted by Gasteiger charge is -2.20. The average Bonchev–Trinajstić information content (AvgIpc) is 1.76. The van der Waals surface area contributed by atoms with E-state index >= 15 is 0 Å². The van der Waals surface area contributed by atoms with Crippen molar-refractivity contribution < 1.29 is 0 Å². The van der Waals surface area contributed by atoms with Gasteiger partial charge in [-0.1, -0.05) is 41.5 Å². The quantitative estimate of drug-likeness (QED) is 0.522. The van der Waals surface area contributed by atoms with Crippen LogP contribution in [0.5, 0.6) is 0 Å². The summed E-state index contributed by atoms with van der Waals surface area (Å²) in [5.41, 5.74) is 0. The fourth-order valence-corrected chi connectivity index (χ4v) is 2.59. The summed E-state index contributed by atoms with van der Waals surface area (Å²) in [7, 11) is 0. The highest BCUT2D eigenvalue weighted by Gasteiger charge is 2.13. The summed E-state index contributed by atoms with van der Waals surface area (Å²) in [6.07, 6.45) is 0. The van der Waals surface area contributed by atoms with Crippen LogP contribution in [0.2, 0.25) is 0 Å². The van der Waals surface area contributed by atoms with Gasteiger partial charge in [0, 0.05) is 29.4 Å². The van der Waals surface area contributed by atoms with Crippen LogP contribution in [0.3, 0.4) is 0 Å². The summed E-state index contributed by atoms with van der Waals surface area (Å²) in [6, 6.07) is 0. The maximum Gasteiger partial charge on any atom is 0.00753 e. The summed E-state index contributed by atoms with van der Waals surface area (Å²) in [5.74, 6) is 2.54. The van der Waals surface area contributed by atoms with E-state index in [1.54, 1.807) is 0 Å². The third kappa shape index (κ3) is 15.5. The second kappa shape index (κ2) is 6.29. The molecule has 3 heteroatoms. The zero-order chi connectivity index (χ0) is 9.83. The summed E-state index contributed by atoms with van der Waals surface area (Å²) >= 11 is 4.11. The van der Waals surface area contributed by atoms with Gasteiger partial charge in [-0.05, 0) is 0 Å². The molecule has 0 aromatic rings. The molecule has 0 saturated carbocycles. The van der Waals surface area contributed by atoms with Crippen molar-refractivity contribution in [2.45, 2.75) is 51.0 Å². The van der Waals surface area contributed by atoms with Crippen LogP contribution in [0.15, 0.2) is 0 Å². The van der Waals surface area contributed by atoms with E-state index < -0.39 is 0 Å². The van der Waals surface area contributed by atoms with E-state index in [-0.39, 0.29) is 8.41 Å². The minimum atomic E-state index is 0. The third-order valence-electron chi connectivity index (χ3n) is 1.15. The number of hydrogen-bond donors (Lipinski definition) is 0. The molecule has 0 fully saturated rings. The van der Waals surface area contributed by atoms with Crippen molar-refractivity contribution in [1.29, 1.82) is 0 Å². The Morgan fingerprint density at radius 3 is 1.08 bits per heavy atom. The summed E-state index contributed by atoms with van der Waals surface area (Å²) in [4.78, 5) is 0. The van der Waals surface area contributed by atoms with Gasteiger partial charge in [-0.25, -0.2) is 0 Å². The number of thioether (sulfide) groups is 2. The van der Waals surface area contributed by atoms with Crippen LogP contribution in [0.4, 0.5) is 0 Å². The molecule has 77 valence electrons. The zero-order valence-corrected chi connectivity index (χ0v) is 11.4. The van der Waals surface area contributed by atoms with E-state index in [1.165, 1.54) is 11.5 Å². The molecule has 0 bridgehead atoms. The fraction of sp³-hybridized carbons (Fsp3) is 1.00. The number of rotatable bonds is 3. The van der Waals surface area contributed by atoms with E-state index in [2.05, 4.69) is 65.1 Å². The van der Waals surface area contributed by atoms with Crippen LogP contribution in [0.1, 0.15) is 41.5 Å². The first-order valence-corrected chi connectivity index (χ1v) is 6.46. The van der Waals surface area contributed by atoms with E-state index in [9.17, 15) is 0 Å². The lowest BCUT2D eigenvalue weighted by atomic mass is 10.3. The van der Waals surface area contributed by atoms with Gasteiger partial charge < -0.3 is 0 Å². The Labute approximate surface area is 94.6 Å². The van der Waals surface area contributed by atoms with Crippen molar-refractivity contribution in [3.05, 3.63) is 0 Å². The molecule has 0 aliphatic heterocycles. The lowest BCUT2D eigenvalue weighted by Crippen LogP contribution is -2.12. The van der Waals surface area contributed by atoms with Crippen LogP contribution >= 0.6 is 23.5 Å². The van der Waals surface area contributed by atoms with Gasteiger partial charge in [0.05, 0.1) is 0 Å². The predicted molar refractivity (Wildman–Crippen MR) is 70.2 cm³/mol. The van der Waals surface area contributed by atoms with Crippen LogP contribution in [-0.2, 0) is 0 Å². The summed E-state index contributed by atoms with van der Waals surface area (Å²) < 4.78 is 0.858. The van der Waals surface area contributed by atoms with E-state index in [1.807, 2.05) is 0 Å². The molecule has 0 aromatic heterocycles. The van der Waals surface area contributed by atoms with E-state index in [4.69, 9.17) is 0 Å². The van der Waals surface area contributed by atoms with Gasteiger partial charge in [0.1, 0.15) is 0 Å². The van der Waals surface area contributed by atoms with Gasteiger partial charge in [-0.15, -0.1) is 0 Å². The van der Waals surface area contributed by atoms with Crippen LogP contribution in [0, 0.1) is 0 Å². The first-order chi connectivity index (χ1) is 5.21. The largest absolute Gasteiger partial charge is 0.155 e. The third-order valence-corrected chi connectivity index (χ3v) is 3.96. The standard InChI is InChI=1S/C10H22S2.B/c1-9(2,3)11-7-8-12-10(4,5)6;/h7-8H2,1-6H3;. The Balaban J connectivity index is 0. The highest BCUT2D eigenvalue weighted by molar-refractivity contribution is 8.04. The predicted octanol–water partition coefficient (Wildman–Crippen LogP) is 3.67. The van der Waals surface area contributed by atoms with Gasteiger partial charge in [-0.3, -0.25) is 0 Å². The highest BCUT2D eigenvalue weighted by Crippen LogP contribution is 2.28. The van der Waals surface area contributed by atoms with Crippen molar-refractivity contribution in [1.82, 2.24) is 0 Å². The lowest BCUT2D eigenvalue weighted by molar-refractivity contribution is 0.799. The Kier molecular flexibility index (Phi) is 7.84. The topological polar surface area (TPSA) is 0 Å². The van der Waals surface area contributed by atoms with E-state index in [0.29, 0.717) is 9.49 Å². The first-order valence-electron chi connectivity index (χ1n) is 4.49. The minimum Gasteiger partial charge on any atom is -0.155 e. The monoisotopic (exact) mass is 217 g/mol. The average molecular weight is 217 g/mol. The molecular weight excluding hydrogens is 195 g/mol. The van der Waals surface area contributed by atoms with Gasteiger partial charge in [0.15, 0.2) is 0 Å². The molecule has 3 radical (unpaired) electrons. The van der Waals surface area contributed by atoms with Crippen LogP contribution < -0.4 is 0 Å². The molecule has 0 aromatic carbocycles. The summed E-state index contributed by atoms with van der Waals surface area (Å²) in [5, 5.41) is 0. The molecule has 0 aliphatic rings. The molecule has 0 saturated heterocycles. The Hall–Kier alpha value is 0.765. The van der Waals surface area contributed by atoms with Gasteiger partial charge in [0.2, 0.25) is 0 Å². The Morgan fingerprint density at radius 1 is 0.692 bits per heavy atom. The fourth-order valence-electron chi connectivity index (χ4n) is 0.696. The number of hydrogen-bond acceptors (Lipinski definition) is 2. The van der Waals surface area contributed by atoms with Crippen molar-refractivity contribution in [2.24, 2.45) is 0 Å². The highest BCUT2D eigenvalue weighted by atomic mass is 32.2. The summed E-state index contributed by atoms with van der Waals surface area (Å²) in [6.45, 7) is 13.7. The van der Waals surface area contributed by atoms with Gasteiger partial charge >= 0.3 is 0 Å². The Morgan fingerprint density at radius 2 is 0.923 bits per heavy atom. The molecule has 0 atom stereocenters. The molecule has 0 amide bonds. The van der Waals surface area contributed by atoms with Gasteiger partial charge in [0.25, 0.3) is 0 Å². The second-order valence-electron chi connectivity index (χ2n) is 4.92. The van der Waals surface area contributed by atoms with E-state index in [0.717, 1.165) is 0 Å². The SMILES string of the molecule is CC(C)(C)SCCSC(C)(C)C.[B]. The molecule has 0 unspecified atom stereocenters. The van der Waals surface area contributed by atoms with Crippen molar-refractivity contribution in [3.63, 3.8) is 0 Å². The molecular formula is C10H22BS2. The molecule has 0 N–H and O–H groups in total.